The number of rotatable bonds is 3. The monoisotopic (exact) mass is 433 g/mol. The first-order valence-electron chi connectivity index (χ1n) is 9.79. The number of carbonyl (C=O) groups excluding carboxylic acids is 1. The third kappa shape index (κ3) is 4.66. The summed E-state index contributed by atoms with van der Waals surface area (Å²) in [6, 6.07) is 5.17. The van der Waals surface area contributed by atoms with Gasteiger partial charge in [0.05, 0.1) is 18.8 Å². The largest absolute Gasteiger partial charge is 0.494 e. The number of methoxy groups -OCH3 is 1. The van der Waals surface area contributed by atoms with Gasteiger partial charge in [-0.1, -0.05) is 12.8 Å². The maximum absolute atomic E-state index is 13.4. The van der Waals surface area contributed by atoms with Crippen LogP contribution in [0.15, 0.2) is 18.2 Å². The predicted octanol–water partition coefficient (Wildman–Crippen LogP) is 3.25. The van der Waals surface area contributed by atoms with Crippen molar-refractivity contribution in [2.45, 2.75) is 44.2 Å². The van der Waals surface area contributed by atoms with Crippen molar-refractivity contribution in [3.63, 3.8) is 0 Å². The Labute approximate surface area is 178 Å². The molecule has 2 saturated heterocycles. The number of nitrogens with zero attached hydrogens (tertiary/aromatic N) is 2. The molecule has 2 heterocycles. The van der Waals surface area contributed by atoms with Gasteiger partial charge in [-0.15, -0.1) is 24.8 Å². The molecule has 1 aromatic rings. The molecule has 3 unspecified atom stereocenters. The molecule has 0 spiro atoms. The lowest BCUT2D eigenvalue weighted by atomic mass is 9.85. The highest BCUT2D eigenvalue weighted by molar-refractivity contribution is 5.85. The van der Waals surface area contributed by atoms with E-state index < -0.39 is 0 Å². The molecule has 1 amide bonds. The van der Waals surface area contributed by atoms with Gasteiger partial charge < -0.3 is 19.9 Å². The average Bonchev–Trinajstić information content (AvgIpc) is 3.11. The molecular formula is C20H30Cl2FN3O2. The van der Waals surface area contributed by atoms with Crippen molar-refractivity contribution in [2.24, 2.45) is 5.92 Å². The molecule has 0 bridgehead atoms. The van der Waals surface area contributed by atoms with Crippen molar-refractivity contribution in [3.8, 4) is 5.75 Å². The quantitative estimate of drug-likeness (QED) is 0.794. The molecular weight excluding hydrogens is 404 g/mol. The summed E-state index contributed by atoms with van der Waals surface area (Å²) in [6.45, 7) is 2.89. The molecule has 1 saturated carbocycles. The number of benzene rings is 1. The maximum atomic E-state index is 13.4. The number of hydrogen-bond acceptors (Lipinski definition) is 4. The number of fused-ring (bicyclic) bond motifs is 1. The number of ether oxygens (including phenoxy) is 1. The summed E-state index contributed by atoms with van der Waals surface area (Å²) in [5, 5.41) is 3.59. The molecule has 0 aromatic heterocycles. The number of amides is 1. The van der Waals surface area contributed by atoms with Crippen LogP contribution in [0.4, 0.5) is 10.1 Å². The highest BCUT2D eigenvalue weighted by Crippen LogP contribution is 2.34. The van der Waals surface area contributed by atoms with Crippen molar-refractivity contribution >= 4 is 36.4 Å². The highest BCUT2D eigenvalue weighted by Gasteiger charge is 2.40. The average molecular weight is 434 g/mol. The third-order valence-electron chi connectivity index (χ3n) is 6.23. The second-order valence-electron chi connectivity index (χ2n) is 7.73. The lowest BCUT2D eigenvalue weighted by Crippen LogP contribution is -2.53. The Bertz CT molecular complexity index is 657. The summed E-state index contributed by atoms with van der Waals surface area (Å²) in [5.74, 6) is 1.19. The summed E-state index contributed by atoms with van der Waals surface area (Å²) in [4.78, 5) is 17.1. The third-order valence-corrected chi connectivity index (χ3v) is 6.23. The fourth-order valence-corrected chi connectivity index (χ4v) is 4.81. The maximum Gasteiger partial charge on any atom is 0.239 e. The molecule has 8 heteroatoms. The van der Waals surface area contributed by atoms with Crippen molar-refractivity contribution in [3.05, 3.63) is 24.0 Å². The molecule has 2 aliphatic heterocycles. The Morgan fingerprint density at radius 2 is 1.86 bits per heavy atom. The van der Waals surface area contributed by atoms with Crippen LogP contribution in [0, 0.1) is 11.7 Å². The lowest BCUT2D eigenvalue weighted by molar-refractivity contribution is -0.133. The first-order valence-corrected chi connectivity index (χ1v) is 9.79. The topological polar surface area (TPSA) is 44.8 Å². The van der Waals surface area contributed by atoms with Crippen LogP contribution in [-0.4, -0.2) is 56.2 Å². The van der Waals surface area contributed by atoms with Gasteiger partial charge in [0.25, 0.3) is 0 Å². The van der Waals surface area contributed by atoms with Gasteiger partial charge >= 0.3 is 0 Å². The normalized spacial score (nSPS) is 26.7. The Morgan fingerprint density at radius 3 is 2.54 bits per heavy atom. The fourth-order valence-electron chi connectivity index (χ4n) is 4.81. The zero-order valence-corrected chi connectivity index (χ0v) is 17.9. The van der Waals surface area contributed by atoms with Gasteiger partial charge in [0.1, 0.15) is 11.6 Å². The fraction of sp³-hybridized carbons (Fsp3) is 0.650. The van der Waals surface area contributed by atoms with Gasteiger partial charge in [0, 0.05) is 38.3 Å². The first-order chi connectivity index (χ1) is 12.7. The zero-order chi connectivity index (χ0) is 18.1. The van der Waals surface area contributed by atoms with Crippen LogP contribution in [0.3, 0.4) is 0 Å². The van der Waals surface area contributed by atoms with Gasteiger partial charge in [-0.05, 0) is 37.3 Å². The molecule has 1 aliphatic carbocycles. The minimum atomic E-state index is -0.298. The molecule has 4 rings (SSSR count). The van der Waals surface area contributed by atoms with E-state index in [0.717, 1.165) is 25.2 Å². The molecule has 3 aliphatic rings. The lowest BCUT2D eigenvalue weighted by Gasteiger charge is -2.37. The molecule has 1 aromatic carbocycles. The molecule has 5 nitrogen and oxygen atoms in total. The van der Waals surface area contributed by atoms with Crippen LogP contribution in [0.2, 0.25) is 0 Å². The van der Waals surface area contributed by atoms with Crippen LogP contribution in [-0.2, 0) is 4.79 Å². The summed E-state index contributed by atoms with van der Waals surface area (Å²) in [5.41, 5.74) is 0.894. The van der Waals surface area contributed by atoms with E-state index in [4.69, 9.17) is 4.74 Å². The zero-order valence-electron chi connectivity index (χ0n) is 16.2. The molecule has 3 atom stereocenters. The van der Waals surface area contributed by atoms with E-state index in [1.54, 1.807) is 13.2 Å². The van der Waals surface area contributed by atoms with E-state index in [1.165, 1.54) is 37.8 Å². The van der Waals surface area contributed by atoms with E-state index in [-0.39, 0.29) is 42.6 Å². The van der Waals surface area contributed by atoms with Gasteiger partial charge in [-0.2, -0.15) is 0 Å². The number of carbonyl (C=O) groups is 1. The molecule has 158 valence electrons. The van der Waals surface area contributed by atoms with Gasteiger partial charge in [0.15, 0.2) is 0 Å². The molecule has 0 radical (unpaired) electrons. The summed E-state index contributed by atoms with van der Waals surface area (Å²) >= 11 is 0. The Balaban J connectivity index is 0.00000140. The Morgan fingerprint density at radius 1 is 1.14 bits per heavy atom. The van der Waals surface area contributed by atoms with E-state index >= 15 is 0 Å². The van der Waals surface area contributed by atoms with Crippen LogP contribution < -0.4 is 15.0 Å². The second-order valence-corrected chi connectivity index (χ2v) is 7.73. The second kappa shape index (κ2) is 9.99. The molecule has 28 heavy (non-hydrogen) atoms. The van der Waals surface area contributed by atoms with Gasteiger partial charge in [0.2, 0.25) is 5.91 Å². The van der Waals surface area contributed by atoms with Crippen molar-refractivity contribution < 1.29 is 13.9 Å². The van der Waals surface area contributed by atoms with Crippen molar-refractivity contribution in [1.29, 1.82) is 0 Å². The number of hydrogen-bond donors (Lipinski definition) is 1. The SMILES string of the molecule is COc1cc(F)ccc1N1CCN(C(=O)C2CC3CCCCC3N2)CC1.Cl.Cl. The van der Waals surface area contributed by atoms with Crippen LogP contribution >= 0.6 is 24.8 Å². The van der Waals surface area contributed by atoms with Crippen LogP contribution in [0.1, 0.15) is 32.1 Å². The van der Waals surface area contributed by atoms with E-state index in [9.17, 15) is 9.18 Å². The van der Waals surface area contributed by atoms with Crippen molar-refractivity contribution in [2.75, 3.05) is 38.2 Å². The van der Waals surface area contributed by atoms with E-state index in [2.05, 4.69) is 10.2 Å². The number of anilines is 1. The van der Waals surface area contributed by atoms with Gasteiger partial charge in [-0.3, -0.25) is 4.79 Å². The van der Waals surface area contributed by atoms with E-state index in [1.807, 2.05) is 4.90 Å². The number of piperazine rings is 1. The first kappa shape index (κ1) is 23.0. The number of nitrogens with one attached hydrogen (secondary N) is 1. The van der Waals surface area contributed by atoms with Crippen LogP contribution in [0.5, 0.6) is 5.75 Å². The van der Waals surface area contributed by atoms with E-state index in [0.29, 0.717) is 30.8 Å². The Hall–Kier alpha value is -1.24. The summed E-state index contributed by atoms with van der Waals surface area (Å²) in [7, 11) is 1.56. The van der Waals surface area contributed by atoms with Gasteiger partial charge in [-0.25, -0.2) is 4.39 Å². The summed E-state index contributed by atoms with van der Waals surface area (Å²) in [6.07, 6.45) is 6.07. The predicted molar refractivity (Wildman–Crippen MR) is 114 cm³/mol. The molecule has 1 N–H and O–H groups in total. The molecule has 3 fully saturated rings. The smallest absolute Gasteiger partial charge is 0.239 e. The summed E-state index contributed by atoms with van der Waals surface area (Å²) < 4.78 is 18.7. The van der Waals surface area contributed by atoms with Crippen LogP contribution in [0.25, 0.3) is 0 Å². The minimum Gasteiger partial charge on any atom is -0.494 e. The Kier molecular flexibility index (Phi) is 8.22. The minimum absolute atomic E-state index is 0. The number of halogens is 3. The standard InChI is InChI=1S/C20H28FN3O2.2ClH/c1-26-19-13-15(21)6-7-18(19)23-8-10-24(11-9-23)20(25)17-12-14-4-2-3-5-16(14)22-17;;/h6-7,13-14,16-17,22H,2-5,8-12H2,1H3;2*1H. The van der Waals surface area contributed by atoms with Crippen molar-refractivity contribution in [1.82, 2.24) is 10.2 Å². The highest BCUT2D eigenvalue weighted by atomic mass is 35.5.